The van der Waals surface area contributed by atoms with Crippen LogP contribution in [0.4, 0.5) is 0 Å². The van der Waals surface area contributed by atoms with Gasteiger partial charge in [-0.15, -0.1) is 0 Å². The third kappa shape index (κ3) is 1.27. The number of aromatic nitrogens is 4. The largest absolute Gasteiger partial charge is 0.261 e. The lowest BCUT2D eigenvalue weighted by molar-refractivity contribution is 1.14. The Labute approximate surface area is 69.4 Å². The van der Waals surface area contributed by atoms with Gasteiger partial charge in [0.1, 0.15) is 17.6 Å². The minimum absolute atomic E-state index is 0.710. The topological polar surface area (TPSA) is 51.6 Å². The molecule has 4 heteroatoms. The molecule has 0 aliphatic rings. The molecule has 2 heterocycles. The Bertz CT molecular complexity index is 308. The summed E-state index contributed by atoms with van der Waals surface area (Å²) in [6.45, 7) is 0. The Balaban J connectivity index is 2.46. The maximum Gasteiger partial charge on any atom is 0.109 e. The SMILES string of the molecule is [c]1cnc(-c2cnccn2)cn1. The van der Waals surface area contributed by atoms with E-state index in [4.69, 9.17) is 0 Å². The van der Waals surface area contributed by atoms with Crippen LogP contribution in [-0.2, 0) is 0 Å². The summed E-state index contributed by atoms with van der Waals surface area (Å²) in [4.78, 5) is 15.8. The highest BCUT2D eigenvalue weighted by molar-refractivity contribution is 5.49. The first-order valence-corrected chi connectivity index (χ1v) is 3.41. The highest BCUT2D eigenvalue weighted by atomic mass is 14.8. The summed E-state index contributed by atoms with van der Waals surface area (Å²) in [6.07, 6.45) is 10.6. The van der Waals surface area contributed by atoms with Crippen LogP contribution in [0.25, 0.3) is 11.4 Å². The van der Waals surface area contributed by atoms with Crippen LogP contribution in [0.2, 0.25) is 0 Å². The molecule has 0 amide bonds. The molecule has 2 aromatic rings. The summed E-state index contributed by atoms with van der Waals surface area (Å²) in [5.74, 6) is 0. The highest BCUT2D eigenvalue weighted by Crippen LogP contribution is 2.08. The van der Waals surface area contributed by atoms with Crippen molar-refractivity contribution in [3.8, 4) is 11.4 Å². The molecule has 0 saturated heterocycles. The molecular weight excluding hydrogens is 152 g/mol. The summed E-state index contributed by atoms with van der Waals surface area (Å²) in [5, 5.41) is 0. The fraction of sp³-hybridized carbons (Fsp3) is 0. The average molecular weight is 157 g/mol. The molecule has 0 aromatic carbocycles. The van der Waals surface area contributed by atoms with Crippen LogP contribution in [0.3, 0.4) is 0 Å². The zero-order valence-electron chi connectivity index (χ0n) is 6.18. The second-order valence-electron chi connectivity index (χ2n) is 2.12. The van der Waals surface area contributed by atoms with Crippen LogP contribution >= 0.6 is 0 Å². The quantitative estimate of drug-likeness (QED) is 0.612. The molecule has 1 radical (unpaired) electrons. The lowest BCUT2D eigenvalue weighted by Gasteiger charge is -1.94. The molecule has 57 valence electrons. The fourth-order valence-corrected chi connectivity index (χ4v) is 0.827. The molecule has 0 fully saturated rings. The number of hydrogen-bond acceptors (Lipinski definition) is 4. The first-order valence-electron chi connectivity index (χ1n) is 3.41. The Kier molecular flexibility index (Phi) is 1.74. The van der Waals surface area contributed by atoms with E-state index < -0.39 is 0 Å². The van der Waals surface area contributed by atoms with Crippen LogP contribution < -0.4 is 0 Å². The molecule has 0 aliphatic carbocycles. The van der Waals surface area contributed by atoms with Crippen LogP contribution in [0, 0.1) is 6.20 Å². The van der Waals surface area contributed by atoms with Gasteiger partial charge < -0.3 is 0 Å². The summed E-state index contributed by atoms with van der Waals surface area (Å²) in [6, 6.07) is 0. The van der Waals surface area contributed by atoms with Crippen molar-refractivity contribution >= 4 is 0 Å². The normalized spacial score (nSPS) is 9.67. The molecule has 0 bridgehead atoms. The first kappa shape index (κ1) is 6.84. The molecule has 0 N–H and O–H groups in total. The van der Waals surface area contributed by atoms with E-state index in [1.165, 1.54) is 6.20 Å². The minimum atomic E-state index is 0.710. The maximum absolute atomic E-state index is 4.07. The van der Waals surface area contributed by atoms with Gasteiger partial charge in [-0.05, 0) is 0 Å². The van der Waals surface area contributed by atoms with Gasteiger partial charge in [0, 0.05) is 12.4 Å². The van der Waals surface area contributed by atoms with Crippen molar-refractivity contribution in [3.05, 3.63) is 37.2 Å². The third-order valence-electron chi connectivity index (χ3n) is 1.35. The van der Waals surface area contributed by atoms with Crippen LogP contribution in [-0.4, -0.2) is 19.9 Å². The lowest BCUT2D eigenvalue weighted by Crippen LogP contribution is -1.87. The van der Waals surface area contributed by atoms with E-state index in [-0.39, 0.29) is 0 Å². The van der Waals surface area contributed by atoms with Crippen LogP contribution in [0.1, 0.15) is 0 Å². The monoisotopic (exact) mass is 157 g/mol. The van der Waals surface area contributed by atoms with E-state index in [9.17, 15) is 0 Å². The molecule has 0 atom stereocenters. The second-order valence-corrected chi connectivity index (χ2v) is 2.12. The van der Waals surface area contributed by atoms with Crippen molar-refractivity contribution in [3.63, 3.8) is 0 Å². The highest BCUT2D eigenvalue weighted by Gasteiger charge is 1.97. The Morgan fingerprint density at radius 2 is 1.92 bits per heavy atom. The van der Waals surface area contributed by atoms with Gasteiger partial charge in [0.25, 0.3) is 0 Å². The zero-order chi connectivity index (χ0) is 8.23. The standard InChI is InChI=1S/C8H5N4/c1-3-11-7(5-9-1)8-6-10-2-4-12-8/h1,3-6H. The van der Waals surface area contributed by atoms with E-state index in [0.29, 0.717) is 5.69 Å². The van der Waals surface area contributed by atoms with Crippen molar-refractivity contribution < 1.29 is 0 Å². The predicted octanol–water partition coefficient (Wildman–Crippen LogP) is 0.734. The lowest BCUT2D eigenvalue weighted by atomic mass is 10.3. The third-order valence-corrected chi connectivity index (χ3v) is 1.35. The molecule has 0 saturated carbocycles. The van der Waals surface area contributed by atoms with Gasteiger partial charge in [-0.25, -0.2) is 0 Å². The van der Waals surface area contributed by atoms with Crippen LogP contribution in [0.15, 0.2) is 31.0 Å². The second kappa shape index (κ2) is 3.04. The maximum atomic E-state index is 4.07. The van der Waals surface area contributed by atoms with Gasteiger partial charge in [-0.1, -0.05) is 0 Å². The van der Waals surface area contributed by atoms with Gasteiger partial charge in [0.15, 0.2) is 0 Å². The first-order chi connectivity index (χ1) is 5.97. The zero-order valence-corrected chi connectivity index (χ0v) is 6.18. The van der Waals surface area contributed by atoms with Gasteiger partial charge in [-0.2, -0.15) is 0 Å². The summed E-state index contributed by atoms with van der Waals surface area (Å²) < 4.78 is 0. The molecule has 0 spiro atoms. The molecule has 2 aromatic heterocycles. The predicted molar refractivity (Wildman–Crippen MR) is 41.9 cm³/mol. The van der Waals surface area contributed by atoms with Gasteiger partial charge >= 0.3 is 0 Å². The van der Waals surface area contributed by atoms with E-state index >= 15 is 0 Å². The average Bonchev–Trinajstić information content (AvgIpc) is 2.21. The Hall–Kier alpha value is -1.84. The minimum Gasteiger partial charge on any atom is -0.261 e. The fourth-order valence-electron chi connectivity index (χ4n) is 0.827. The van der Waals surface area contributed by atoms with Crippen molar-refractivity contribution in [2.75, 3.05) is 0 Å². The Morgan fingerprint density at radius 1 is 1.00 bits per heavy atom. The van der Waals surface area contributed by atoms with Gasteiger partial charge in [0.2, 0.25) is 0 Å². The summed E-state index contributed by atoms with van der Waals surface area (Å²) in [5.41, 5.74) is 1.43. The smallest absolute Gasteiger partial charge is 0.109 e. The van der Waals surface area contributed by atoms with Crippen molar-refractivity contribution in [2.24, 2.45) is 0 Å². The Morgan fingerprint density at radius 3 is 2.58 bits per heavy atom. The van der Waals surface area contributed by atoms with E-state index in [1.807, 2.05) is 0 Å². The van der Waals surface area contributed by atoms with E-state index in [0.717, 1.165) is 5.69 Å². The van der Waals surface area contributed by atoms with E-state index in [2.05, 4.69) is 26.1 Å². The van der Waals surface area contributed by atoms with Crippen molar-refractivity contribution in [1.29, 1.82) is 0 Å². The van der Waals surface area contributed by atoms with Crippen molar-refractivity contribution in [1.82, 2.24) is 19.9 Å². The molecule has 2 rings (SSSR count). The molecule has 0 aliphatic heterocycles. The van der Waals surface area contributed by atoms with E-state index in [1.54, 1.807) is 24.8 Å². The van der Waals surface area contributed by atoms with Crippen molar-refractivity contribution in [2.45, 2.75) is 0 Å². The molecule has 12 heavy (non-hydrogen) atoms. The summed E-state index contributed by atoms with van der Waals surface area (Å²) >= 11 is 0. The van der Waals surface area contributed by atoms with Gasteiger partial charge in [0.05, 0.1) is 18.6 Å². The molecular formula is C8H5N4. The molecule has 4 nitrogen and oxygen atoms in total. The van der Waals surface area contributed by atoms with Crippen LogP contribution in [0.5, 0.6) is 0 Å². The number of hydrogen-bond donors (Lipinski definition) is 0. The molecule has 0 unspecified atom stereocenters. The summed E-state index contributed by atoms with van der Waals surface area (Å²) in [7, 11) is 0. The number of nitrogens with zero attached hydrogens (tertiary/aromatic N) is 4. The number of rotatable bonds is 1. The van der Waals surface area contributed by atoms with Gasteiger partial charge in [-0.3, -0.25) is 19.9 Å².